The fraction of sp³-hybridized carbons (Fsp3) is 0.714. The average molecular weight is 279 g/mol. The quantitative estimate of drug-likeness (QED) is 0.924. The van der Waals surface area contributed by atoms with Gasteiger partial charge in [-0.25, -0.2) is 4.98 Å². The first-order chi connectivity index (χ1) is 9.30. The summed E-state index contributed by atoms with van der Waals surface area (Å²) in [6, 6.07) is 0. The second-order valence-electron chi connectivity index (χ2n) is 5.54. The Balaban J connectivity index is 1.52. The van der Waals surface area contributed by atoms with E-state index in [0.717, 1.165) is 29.8 Å². The molecule has 4 nitrogen and oxygen atoms in total. The van der Waals surface area contributed by atoms with Gasteiger partial charge in [-0.3, -0.25) is 4.99 Å². The number of hydrogen-bond donors (Lipinski definition) is 1. The van der Waals surface area contributed by atoms with Gasteiger partial charge in [0.1, 0.15) is 5.76 Å². The molecular weight excluding hydrogens is 258 g/mol. The second-order valence-corrected chi connectivity index (χ2v) is 6.51. The van der Waals surface area contributed by atoms with Crippen molar-refractivity contribution >= 4 is 16.9 Å². The number of thioether (sulfide) groups is 1. The van der Waals surface area contributed by atoms with E-state index in [9.17, 15) is 0 Å². The van der Waals surface area contributed by atoms with Gasteiger partial charge in [0.05, 0.1) is 12.7 Å². The van der Waals surface area contributed by atoms with Crippen molar-refractivity contribution in [3.63, 3.8) is 0 Å². The van der Waals surface area contributed by atoms with Crippen molar-refractivity contribution < 1.29 is 4.42 Å². The Kier molecular flexibility index (Phi) is 3.82. The van der Waals surface area contributed by atoms with Crippen LogP contribution < -0.4 is 5.32 Å². The van der Waals surface area contributed by atoms with Crippen LogP contribution in [0.15, 0.2) is 15.6 Å². The molecule has 5 heteroatoms. The maximum atomic E-state index is 5.58. The second kappa shape index (κ2) is 5.57. The zero-order valence-electron chi connectivity index (χ0n) is 11.4. The van der Waals surface area contributed by atoms with Crippen LogP contribution >= 0.6 is 11.8 Å². The molecular formula is C14H21N3OS. The minimum absolute atomic E-state index is 0.508. The first-order valence-electron chi connectivity index (χ1n) is 7.14. The lowest BCUT2D eigenvalue weighted by Crippen LogP contribution is -2.33. The van der Waals surface area contributed by atoms with Crippen LogP contribution in [0.1, 0.15) is 44.3 Å². The van der Waals surface area contributed by atoms with Gasteiger partial charge >= 0.3 is 0 Å². The molecule has 0 aromatic carbocycles. The van der Waals surface area contributed by atoms with E-state index >= 15 is 0 Å². The first kappa shape index (κ1) is 13.0. The summed E-state index contributed by atoms with van der Waals surface area (Å²) in [5.41, 5.74) is 0.508. The molecule has 0 amide bonds. The highest BCUT2D eigenvalue weighted by molar-refractivity contribution is 8.13. The van der Waals surface area contributed by atoms with Crippen molar-refractivity contribution in [1.29, 1.82) is 0 Å². The Morgan fingerprint density at radius 3 is 2.89 bits per heavy atom. The molecule has 19 heavy (non-hydrogen) atoms. The normalized spacial score (nSPS) is 21.6. The van der Waals surface area contributed by atoms with Crippen LogP contribution in [0.25, 0.3) is 0 Å². The van der Waals surface area contributed by atoms with Gasteiger partial charge in [0, 0.05) is 18.7 Å². The van der Waals surface area contributed by atoms with Crippen LogP contribution in [0.3, 0.4) is 0 Å². The van der Waals surface area contributed by atoms with Crippen LogP contribution in [0.4, 0.5) is 0 Å². The molecule has 0 bridgehead atoms. The summed E-state index contributed by atoms with van der Waals surface area (Å²) in [5, 5.41) is 4.39. The number of rotatable bonds is 3. The Morgan fingerprint density at radius 2 is 2.26 bits per heavy atom. The van der Waals surface area contributed by atoms with E-state index < -0.39 is 0 Å². The van der Waals surface area contributed by atoms with Gasteiger partial charge in [0.2, 0.25) is 5.89 Å². The van der Waals surface area contributed by atoms with Crippen molar-refractivity contribution in [2.75, 3.05) is 12.3 Å². The van der Waals surface area contributed by atoms with Crippen LogP contribution in [0.2, 0.25) is 0 Å². The summed E-state index contributed by atoms with van der Waals surface area (Å²) in [5.74, 6) is 2.91. The molecule has 1 aromatic heterocycles. The molecule has 2 aliphatic rings. The molecule has 1 aliphatic carbocycles. The zero-order chi connectivity index (χ0) is 13.1. The molecule has 1 aromatic rings. The Labute approximate surface area is 118 Å². The van der Waals surface area contributed by atoms with Crippen LogP contribution in [-0.4, -0.2) is 22.4 Å². The van der Waals surface area contributed by atoms with Gasteiger partial charge in [-0.1, -0.05) is 31.5 Å². The van der Waals surface area contributed by atoms with Crippen molar-refractivity contribution in [3.05, 3.63) is 17.8 Å². The summed E-state index contributed by atoms with van der Waals surface area (Å²) in [4.78, 5) is 8.95. The number of nitrogens with one attached hydrogen (secondary N) is 1. The standard InChI is InChI=1S/C14H21N3OS/c1-2-11-7-15-12(18-11)8-16-13-17-9-14(10-19-13)5-3-4-6-14/h7H,2-6,8-10H2,1H3,(H,16,17). The average Bonchev–Trinajstić information content (AvgIpc) is 3.08. The number of oxazole rings is 1. The van der Waals surface area contributed by atoms with Crippen molar-refractivity contribution in [1.82, 2.24) is 10.3 Å². The molecule has 3 rings (SSSR count). The minimum Gasteiger partial charge on any atom is -0.444 e. The SMILES string of the molecule is CCc1cnc(CNC2=NCC3(CCCC3)CS2)o1. The summed E-state index contributed by atoms with van der Waals surface area (Å²) >= 11 is 1.86. The number of nitrogens with zero attached hydrogens (tertiary/aromatic N) is 2. The molecule has 2 heterocycles. The largest absolute Gasteiger partial charge is 0.444 e. The number of aryl methyl sites for hydroxylation is 1. The maximum absolute atomic E-state index is 5.58. The number of amidine groups is 1. The highest BCUT2D eigenvalue weighted by Crippen LogP contribution is 2.43. The van der Waals surface area contributed by atoms with E-state index in [4.69, 9.17) is 9.41 Å². The third kappa shape index (κ3) is 2.96. The van der Waals surface area contributed by atoms with Gasteiger partial charge in [-0.05, 0) is 18.3 Å². The Hall–Kier alpha value is -0.970. The maximum Gasteiger partial charge on any atom is 0.213 e. The van der Waals surface area contributed by atoms with Gasteiger partial charge in [0.15, 0.2) is 5.17 Å². The predicted octanol–water partition coefficient (Wildman–Crippen LogP) is 2.99. The summed E-state index contributed by atoms with van der Waals surface area (Å²) in [7, 11) is 0. The van der Waals surface area contributed by atoms with Gasteiger partial charge in [0.25, 0.3) is 0 Å². The number of aromatic nitrogens is 1. The fourth-order valence-corrected chi connectivity index (χ4v) is 3.98. The lowest BCUT2D eigenvalue weighted by Gasteiger charge is -2.30. The van der Waals surface area contributed by atoms with E-state index in [1.165, 1.54) is 31.4 Å². The van der Waals surface area contributed by atoms with Crippen LogP contribution in [-0.2, 0) is 13.0 Å². The van der Waals surface area contributed by atoms with Gasteiger partial charge in [-0.2, -0.15) is 0 Å². The lowest BCUT2D eigenvalue weighted by atomic mass is 9.89. The summed E-state index contributed by atoms with van der Waals surface area (Å²) in [6.07, 6.45) is 8.18. The number of aliphatic imine (C=N–C) groups is 1. The highest BCUT2D eigenvalue weighted by atomic mass is 32.2. The van der Waals surface area contributed by atoms with Crippen LogP contribution in [0.5, 0.6) is 0 Å². The molecule has 0 unspecified atom stereocenters. The van der Waals surface area contributed by atoms with Crippen molar-refractivity contribution in [2.24, 2.45) is 10.4 Å². The zero-order valence-corrected chi connectivity index (χ0v) is 12.3. The molecule has 1 aliphatic heterocycles. The van der Waals surface area contributed by atoms with E-state index in [1.54, 1.807) is 6.20 Å². The van der Waals surface area contributed by atoms with E-state index in [0.29, 0.717) is 12.0 Å². The monoisotopic (exact) mass is 279 g/mol. The smallest absolute Gasteiger partial charge is 0.213 e. The van der Waals surface area contributed by atoms with E-state index in [-0.39, 0.29) is 0 Å². The number of hydrogen-bond acceptors (Lipinski definition) is 5. The molecule has 1 spiro atoms. The van der Waals surface area contributed by atoms with E-state index in [1.807, 2.05) is 11.8 Å². The minimum atomic E-state index is 0.508. The predicted molar refractivity (Wildman–Crippen MR) is 78.4 cm³/mol. The Morgan fingerprint density at radius 1 is 1.42 bits per heavy atom. The molecule has 104 valence electrons. The third-order valence-electron chi connectivity index (χ3n) is 4.08. The topological polar surface area (TPSA) is 50.4 Å². The molecule has 1 saturated carbocycles. The molecule has 0 saturated heterocycles. The van der Waals surface area contributed by atoms with Crippen molar-refractivity contribution in [3.8, 4) is 0 Å². The molecule has 0 radical (unpaired) electrons. The molecule has 1 fully saturated rings. The van der Waals surface area contributed by atoms with Gasteiger partial charge < -0.3 is 9.73 Å². The van der Waals surface area contributed by atoms with Crippen molar-refractivity contribution in [2.45, 2.75) is 45.6 Å². The highest BCUT2D eigenvalue weighted by Gasteiger charge is 2.36. The lowest BCUT2D eigenvalue weighted by molar-refractivity contribution is 0.358. The third-order valence-corrected chi connectivity index (χ3v) is 5.38. The van der Waals surface area contributed by atoms with E-state index in [2.05, 4.69) is 17.2 Å². The molecule has 1 N–H and O–H groups in total. The van der Waals surface area contributed by atoms with Crippen LogP contribution in [0, 0.1) is 5.41 Å². The fourth-order valence-electron chi connectivity index (χ4n) is 2.83. The summed E-state index contributed by atoms with van der Waals surface area (Å²) < 4.78 is 5.58. The molecule has 0 atom stereocenters. The first-order valence-corrected chi connectivity index (χ1v) is 8.13. The Bertz CT molecular complexity index is 463. The summed E-state index contributed by atoms with van der Waals surface area (Å²) in [6.45, 7) is 3.70. The van der Waals surface area contributed by atoms with Gasteiger partial charge in [-0.15, -0.1) is 0 Å².